The van der Waals surface area contributed by atoms with Crippen LogP contribution in [0, 0.1) is 11.3 Å². The summed E-state index contributed by atoms with van der Waals surface area (Å²) in [4.78, 5) is 0. The average Bonchev–Trinajstić information content (AvgIpc) is 2.92. The Morgan fingerprint density at radius 1 is 1.15 bits per heavy atom. The first-order valence-electron chi connectivity index (χ1n) is 6.78. The molecule has 2 aromatic rings. The number of nitrogens with one attached hydrogen (secondary N) is 1. The number of rotatable bonds is 4. The van der Waals surface area contributed by atoms with Gasteiger partial charge in [0.1, 0.15) is 5.75 Å². The predicted molar refractivity (Wildman–Crippen MR) is 77.5 cm³/mol. The number of nitriles is 1. The molecular weight excluding hydrogens is 248 g/mol. The minimum Gasteiger partial charge on any atom is -0.493 e. The van der Waals surface area contributed by atoms with Crippen molar-refractivity contribution in [3.8, 4) is 11.8 Å². The molecule has 1 N–H and O–H groups in total. The Kier molecular flexibility index (Phi) is 3.67. The zero-order valence-electron chi connectivity index (χ0n) is 11.2. The van der Waals surface area contributed by atoms with Gasteiger partial charge in [0.25, 0.3) is 0 Å². The van der Waals surface area contributed by atoms with E-state index in [2.05, 4.69) is 23.5 Å². The Balaban J connectivity index is 1.55. The van der Waals surface area contributed by atoms with Crippen LogP contribution < -0.4 is 10.1 Å². The van der Waals surface area contributed by atoms with E-state index >= 15 is 0 Å². The number of fused-ring (bicyclic) bond motifs is 1. The van der Waals surface area contributed by atoms with Crippen LogP contribution in [0.15, 0.2) is 48.5 Å². The molecular formula is C17H16N2O. The molecule has 0 saturated carbocycles. The van der Waals surface area contributed by atoms with Crippen LogP contribution in [0.5, 0.6) is 5.75 Å². The molecule has 1 atom stereocenters. The number of hydrogen-bond acceptors (Lipinski definition) is 3. The van der Waals surface area contributed by atoms with Gasteiger partial charge in [-0.1, -0.05) is 30.3 Å². The highest BCUT2D eigenvalue weighted by Gasteiger charge is 2.22. The molecule has 0 saturated heterocycles. The molecule has 2 aromatic carbocycles. The van der Waals surface area contributed by atoms with Gasteiger partial charge in [0, 0.05) is 24.6 Å². The molecule has 0 aromatic heterocycles. The van der Waals surface area contributed by atoms with Crippen LogP contribution in [0.4, 0.5) is 0 Å². The quantitative estimate of drug-likeness (QED) is 0.923. The van der Waals surface area contributed by atoms with Gasteiger partial charge in [-0.15, -0.1) is 0 Å². The lowest BCUT2D eigenvalue weighted by molar-refractivity contribution is 0.326. The highest BCUT2D eigenvalue weighted by molar-refractivity contribution is 5.39. The van der Waals surface area contributed by atoms with Crippen molar-refractivity contribution in [3.05, 3.63) is 65.2 Å². The van der Waals surface area contributed by atoms with Crippen molar-refractivity contribution in [1.29, 1.82) is 5.26 Å². The molecule has 0 radical (unpaired) electrons. The molecule has 3 nitrogen and oxygen atoms in total. The molecule has 3 heteroatoms. The normalized spacial score (nSPS) is 16.2. The Bertz CT molecular complexity index is 628. The molecule has 0 aliphatic carbocycles. The summed E-state index contributed by atoms with van der Waals surface area (Å²) in [5.74, 6) is 1.43. The Morgan fingerprint density at radius 2 is 1.95 bits per heavy atom. The number of hydrogen-bond donors (Lipinski definition) is 1. The van der Waals surface area contributed by atoms with E-state index in [0.717, 1.165) is 25.4 Å². The molecule has 0 fully saturated rings. The van der Waals surface area contributed by atoms with Gasteiger partial charge in [-0.2, -0.15) is 5.26 Å². The van der Waals surface area contributed by atoms with Crippen molar-refractivity contribution in [2.45, 2.75) is 12.5 Å². The van der Waals surface area contributed by atoms with Crippen LogP contribution in [0.2, 0.25) is 0 Å². The number of benzene rings is 2. The van der Waals surface area contributed by atoms with Gasteiger partial charge in [-0.05, 0) is 23.8 Å². The maximum absolute atomic E-state index is 8.76. The highest BCUT2D eigenvalue weighted by Crippen LogP contribution is 2.32. The van der Waals surface area contributed by atoms with E-state index in [4.69, 9.17) is 10.00 Å². The van der Waals surface area contributed by atoms with Crippen LogP contribution in [0.25, 0.3) is 0 Å². The summed E-state index contributed by atoms with van der Waals surface area (Å²) in [5.41, 5.74) is 3.18. The molecule has 0 amide bonds. The zero-order valence-corrected chi connectivity index (χ0v) is 11.2. The van der Waals surface area contributed by atoms with Crippen LogP contribution in [-0.4, -0.2) is 13.2 Å². The van der Waals surface area contributed by atoms with Crippen molar-refractivity contribution < 1.29 is 4.74 Å². The predicted octanol–water partition coefficient (Wildman–Crippen LogP) is 2.82. The number of nitrogens with zero attached hydrogens (tertiary/aromatic N) is 1. The minimum atomic E-state index is 0.421. The Labute approximate surface area is 118 Å². The van der Waals surface area contributed by atoms with Crippen LogP contribution in [0.3, 0.4) is 0 Å². The standard InChI is InChI=1S/C17H16N2O/c18-9-13-5-7-14(8-6-13)10-19-11-15-12-20-17-4-2-1-3-16(15)17/h1-8,15,19H,10-12H2. The molecule has 1 unspecified atom stereocenters. The van der Waals surface area contributed by atoms with Crippen LogP contribution in [-0.2, 0) is 6.54 Å². The second kappa shape index (κ2) is 5.77. The van der Waals surface area contributed by atoms with Crippen molar-refractivity contribution >= 4 is 0 Å². The molecule has 1 aliphatic heterocycles. The van der Waals surface area contributed by atoms with E-state index in [1.165, 1.54) is 11.1 Å². The second-order valence-electron chi connectivity index (χ2n) is 4.99. The van der Waals surface area contributed by atoms with Crippen LogP contribution in [0.1, 0.15) is 22.6 Å². The molecule has 20 heavy (non-hydrogen) atoms. The molecule has 1 aliphatic rings. The first-order valence-corrected chi connectivity index (χ1v) is 6.78. The fourth-order valence-corrected chi connectivity index (χ4v) is 2.49. The third kappa shape index (κ3) is 2.66. The molecule has 100 valence electrons. The van der Waals surface area contributed by atoms with Gasteiger partial charge in [-0.25, -0.2) is 0 Å². The summed E-state index contributed by atoms with van der Waals surface area (Å²) in [7, 11) is 0. The third-order valence-electron chi connectivity index (χ3n) is 3.60. The summed E-state index contributed by atoms with van der Waals surface area (Å²) < 4.78 is 5.67. The van der Waals surface area contributed by atoms with E-state index < -0.39 is 0 Å². The Morgan fingerprint density at radius 3 is 2.75 bits per heavy atom. The van der Waals surface area contributed by atoms with Gasteiger partial charge in [0.15, 0.2) is 0 Å². The third-order valence-corrected chi connectivity index (χ3v) is 3.60. The van der Waals surface area contributed by atoms with Crippen LogP contribution >= 0.6 is 0 Å². The van der Waals surface area contributed by atoms with Gasteiger partial charge in [0.05, 0.1) is 18.2 Å². The summed E-state index contributed by atoms with van der Waals surface area (Å²) in [6.45, 7) is 2.46. The van der Waals surface area contributed by atoms with Gasteiger partial charge >= 0.3 is 0 Å². The van der Waals surface area contributed by atoms with E-state index in [9.17, 15) is 0 Å². The molecule has 1 heterocycles. The largest absolute Gasteiger partial charge is 0.493 e. The van der Waals surface area contributed by atoms with Crippen molar-refractivity contribution in [2.75, 3.05) is 13.2 Å². The summed E-state index contributed by atoms with van der Waals surface area (Å²) >= 11 is 0. The smallest absolute Gasteiger partial charge is 0.122 e. The second-order valence-corrected chi connectivity index (χ2v) is 4.99. The van der Waals surface area contributed by atoms with Crippen molar-refractivity contribution in [2.24, 2.45) is 0 Å². The molecule has 0 spiro atoms. The van der Waals surface area contributed by atoms with Gasteiger partial charge in [-0.3, -0.25) is 0 Å². The summed E-state index contributed by atoms with van der Waals surface area (Å²) in [5, 5.41) is 12.2. The molecule has 0 bridgehead atoms. The van der Waals surface area contributed by atoms with E-state index in [1.807, 2.05) is 36.4 Å². The lowest BCUT2D eigenvalue weighted by Gasteiger charge is -2.10. The summed E-state index contributed by atoms with van der Waals surface area (Å²) in [6.07, 6.45) is 0. The first-order chi connectivity index (χ1) is 9.86. The molecule has 3 rings (SSSR count). The summed E-state index contributed by atoms with van der Waals surface area (Å²) in [6, 6.07) is 18.0. The highest BCUT2D eigenvalue weighted by atomic mass is 16.5. The topological polar surface area (TPSA) is 45.0 Å². The lowest BCUT2D eigenvalue weighted by Crippen LogP contribution is -2.22. The minimum absolute atomic E-state index is 0.421. The maximum Gasteiger partial charge on any atom is 0.122 e. The Hall–Kier alpha value is -2.31. The monoisotopic (exact) mass is 264 g/mol. The van der Waals surface area contributed by atoms with Crippen molar-refractivity contribution in [1.82, 2.24) is 5.32 Å². The van der Waals surface area contributed by atoms with E-state index in [-0.39, 0.29) is 0 Å². The first kappa shape index (κ1) is 12.7. The van der Waals surface area contributed by atoms with Gasteiger partial charge in [0.2, 0.25) is 0 Å². The zero-order chi connectivity index (χ0) is 13.8. The fourth-order valence-electron chi connectivity index (χ4n) is 2.49. The number of para-hydroxylation sites is 1. The fraction of sp³-hybridized carbons (Fsp3) is 0.235. The van der Waals surface area contributed by atoms with E-state index in [1.54, 1.807) is 0 Å². The van der Waals surface area contributed by atoms with E-state index in [0.29, 0.717) is 11.5 Å². The number of ether oxygens (including phenoxy) is 1. The van der Waals surface area contributed by atoms with Crippen molar-refractivity contribution in [3.63, 3.8) is 0 Å². The average molecular weight is 264 g/mol. The lowest BCUT2D eigenvalue weighted by atomic mass is 10.0. The maximum atomic E-state index is 8.76. The van der Waals surface area contributed by atoms with Gasteiger partial charge < -0.3 is 10.1 Å². The SMILES string of the molecule is N#Cc1ccc(CNCC2COc3ccccc32)cc1.